The van der Waals surface area contributed by atoms with E-state index in [9.17, 15) is 9.59 Å². The molecule has 0 spiro atoms. The molecule has 2 N–H and O–H groups in total. The summed E-state index contributed by atoms with van der Waals surface area (Å²) in [6.45, 7) is 6.15. The van der Waals surface area contributed by atoms with Gasteiger partial charge in [0, 0.05) is 13.1 Å². The Morgan fingerprint density at radius 2 is 2.05 bits per heavy atom. The topological polar surface area (TPSA) is 87.1 Å². The van der Waals surface area contributed by atoms with Crippen LogP contribution in [-0.4, -0.2) is 52.5 Å². The van der Waals surface area contributed by atoms with E-state index in [-0.39, 0.29) is 18.6 Å². The molecule has 0 aromatic heterocycles. The van der Waals surface area contributed by atoms with E-state index in [2.05, 4.69) is 0 Å². The van der Waals surface area contributed by atoms with Crippen molar-refractivity contribution < 1.29 is 24.5 Å². The predicted molar refractivity (Wildman–Crippen MR) is 68.7 cm³/mol. The molecule has 110 valence electrons. The third kappa shape index (κ3) is 5.06. The second kappa shape index (κ2) is 6.23. The smallest absolute Gasteiger partial charge is 0.410 e. The molecule has 0 radical (unpaired) electrons. The Labute approximate surface area is 113 Å². The molecule has 1 rings (SSSR count). The number of aliphatic hydroxyl groups is 1. The number of carbonyl (C=O) groups is 2. The molecule has 6 nitrogen and oxygen atoms in total. The molecule has 0 aromatic rings. The average Bonchev–Trinajstić information content (AvgIpc) is 2.71. The van der Waals surface area contributed by atoms with Gasteiger partial charge in [-0.15, -0.1) is 0 Å². The molecular weight excluding hydrogens is 250 g/mol. The second-order valence-corrected chi connectivity index (χ2v) is 6.03. The fraction of sp³-hybridized carbons (Fsp3) is 0.846. The van der Waals surface area contributed by atoms with Crippen molar-refractivity contribution in [3.63, 3.8) is 0 Å². The number of rotatable bonds is 4. The number of carboxylic acid groups (broad SMARTS) is 1. The van der Waals surface area contributed by atoms with Gasteiger partial charge in [0.05, 0.1) is 12.5 Å². The molecule has 0 bridgehead atoms. The van der Waals surface area contributed by atoms with Gasteiger partial charge < -0.3 is 19.8 Å². The second-order valence-electron chi connectivity index (χ2n) is 6.03. The number of aliphatic hydroxyl groups excluding tert-OH is 1. The van der Waals surface area contributed by atoms with Crippen molar-refractivity contribution in [1.82, 2.24) is 4.90 Å². The number of likely N-dealkylation sites (tertiary alicyclic amines) is 1. The van der Waals surface area contributed by atoms with Crippen molar-refractivity contribution in [3.05, 3.63) is 0 Å². The first-order valence-electron chi connectivity index (χ1n) is 6.54. The standard InChI is InChI=1S/C13H23NO5/c1-13(2,3)19-12(18)14-5-4-9(7-14)6-10(8-15)11(16)17/h9-10,15H,4-8H2,1-3H3,(H,16,17). The fourth-order valence-electron chi connectivity index (χ4n) is 2.17. The lowest BCUT2D eigenvalue weighted by molar-refractivity contribution is -0.143. The van der Waals surface area contributed by atoms with Crippen LogP contribution in [-0.2, 0) is 9.53 Å². The normalized spacial score (nSPS) is 21.3. The van der Waals surface area contributed by atoms with E-state index in [1.807, 2.05) is 20.8 Å². The Bertz CT molecular complexity index is 336. The number of hydrogen-bond donors (Lipinski definition) is 2. The SMILES string of the molecule is CC(C)(C)OC(=O)N1CCC(CC(CO)C(=O)O)C1. The van der Waals surface area contributed by atoms with Gasteiger partial charge in [-0.25, -0.2) is 4.79 Å². The van der Waals surface area contributed by atoms with Crippen LogP contribution in [0, 0.1) is 11.8 Å². The van der Waals surface area contributed by atoms with Crippen LogP contribution >= 0.6 is 0 Å². The molecule has 0 aromatic carbocycles. The quantitative estimate of drug-likeness (QED) is 0.806. The number of carbonyl (C=O) groups excluding carboxylic acids is 1. The van der Waals surface area contributed by atoms with Crippen LogP contribution in [0.25, 0.3) is 0 Å². The summed E-state index contributed by atoms with van der Waals surface area (Å²) >= 11 is 0. The Hall–Kier alpha value is -1.30. The summed E-state index contributed by atoms with van der Waals surface area (Å²) in [7, 11) is 0. The zero-order chi connectivity index (χ0) is 14.6. The molecule has 1 saturated heterocycles. The molecule has 19 heavy (non-hydrogen) atoms. The van der Waals surface area contributed by atoms with E-state index in [1.165, 1.54) is 0 Å². The minimum atomic E-state index is -0.988. The highest BCUT2D eigenvalue weighted by molar-refractivity contribution is 5.70. The van der Waals surface area contributed by atoms with Crippen LogP contribution in [0.4, 0.5) is 4.79 Å². The van der Waals surface area contributed by atoms with Crippen molar-refractivity contribution in [2.75, 3.05) is 19.7 Å². The maximum Gasteiger partial charge on any atom is 0.410 e. The molecule has 2 atom stereocenters. The molecule has 1 aliphatic rings. The summed E-state index contributed by atoms with van der Waals surface area (Å²) in [5, 5.41) is 17.9. The largest absolute Gasteiger partial charge is 0.481 e. The zero-order valence-electron chi connectivity index (χ0n) is 11.8. The highest BCUT2D eigenvalue weighted by Gasteiger charge is 2.32. The number of amides is 1. The first-order chi connectivity index (χ1) is 8.73. The van der Waals surface area contributed by atoms with Gasteiger partial charge in [-0.05, 0) is 39.5 Å². The monoisotopic (exact) mass is 273 g/mol. The summed E-state index contributed by atoms with van der Waals surface area (Å²) in [6.07, 6.45) is 0.791. The molecule has 2 unspecified atom stereocenters. The number of aliphatic carboxylic acids is 1. The van der Waals surface area contributed by atoms with Gasteiger partial charge in [0.1, 0.15) is 5.60 Å². The molecule has 1 heterocycles. The van der Waals surface area contributed by atoms with Gasteiger partial charge >= 0.3 is 12.1 Å². The summed E-state index contributed by atoms with van der Waals surface area (Å²) in [6, 6.07) is 0. The third-order valence-electron chi connectivity index (χ3n) is 3.13. The Balaban J connectivity index is 2.45. The van der Waals surface area contributed by atoms with Crippen LogP contribution in [0.2, 0.25) is 0 Å². The van der Waals surface area contributed by atoms with Crippen molar-refractivity contribution in [2.24, 2.45) is 11.8 Å². The van der Waals surface area contributed by atoms with Crippen LogP contribution in [0.5, 0.6) is 0 Å². The van der Waals surface area contributed by atoms with Crippen molar-refractivity contribution >= 4 is 12.1 Å². The number of nitrogens with zero attached hydrogens (tertiary/aromatic N) is 1. The molecule has 1 fully saturated rings. The Kier molecular flexibility index (Phi) is 5.17. The maximum absolute atomic E-state index is 11.8. The van der Waals surface area contributed by atoms with E-state index in [0.717, 1.165) is 6.42 Å². The minimum Gasteiger partial charge on any atom is -0.481 e. The summed E-state index contributed by atoms with van der Waals surface area (Å²) in [5.74, 6) is -1.62. The van der Waals surface area contributed by atoms with E-state index in [4.69, 9.17) is 14.9 Å². The molecule has 0 saturated carbocycles. The maximum atomic E-state index is 11.8. The van der Waals surface area contributed by atoms with Crippen molar-refractivity contribution in [1.29, 1.82) is 0 Å². The molecule has 1 aliphatic heterocycles. The highest BCUT2D eigenvalue weighted by atomic mass is 16.6. The third-order valence-corrected chi connectivity index (χ3v) is 3.13. The van der Waals surface area contributed by atoms with E-state index in [1.54, 1.807) is 4.90 Å². The Morgan fingerprint density at radius 3 is 2.53 bits per heavy atom. The average molecular weight is 273 g/mol. The minimum absolute atomic E-state index is 0.112. The summed E-state index contributed by atoms with van der Waals surface area (Å²) in [4.78, 5) is 24.3. The lowest BCUT2D eigenvalue weighted by atomic mass is 9.94. The highest BCUT2D eigenvalue weighted by Crippen LogP contribution is 2.25. The van der Waals surface area contributed by atoms with E-state index < -0.39 is 17.5 Å². The van der Waals surface area contributed by atoms with Gasteiger partial charge in [-0.3, -0.25) is 4.79 Å². The van der Waals surface area contributed by atoms with Gasteiger partial charge in [0.15, 0.2) is 0 Å². The van der Waals surface area contributed by atoms with Crippen LogP contribution < -0.4 is 0 Å². The number of ether oxygens (including phenoxy) is 1. The molecule has 0 aliphatic carbocycles. The lowest BCUT2D eigenvalue weighted by Crippen LogP contribution is -2.35. The van der Waals surface area contributed by atoms with Crippen LogP contribution in [0.3, 0.4) is 0 Å². The van der Waals surface area contributed by atoms with Gasteiger partial charge in [0.2, 0.25) is 0 Å². The van der Waals surface area contributed by atoms with Crippen LogP contribution in [0.15, 0.2) is 0 Å². The lowest BCUT2D eigenvalue weighted by Gasteiger charge is -2.24. The van der Waals surface area contributed by atoms with Gasteiger partial charge in [-0.1, -0.05) is 0 Å². The molecular formula is C13H23NO5. The van der Waals surface area contributed by atoms with Gasteiger partial charge in [0.25, 0.3) is 0 Å². The van der Waals surface area contributed by atoms with Crippen LogP contribution in [0.1, 0.15) is 33.6 Å². The van der Waals surface area contributed by atoms with E-state index >= 15 is 0 Å². The molecule has 6 heteroatoms. The number of carboxylic acids is 1. The predicted octanol–water partition coefficient (Wildman–Crippen LogP) is 1.33. The Morgan fingerprint density at radius 1 is 1.42 bits per heavy atom. The molecule has 1 amide bonds. The summed E-state index contributed by atoms with van der Waals surface area (Å²) in [5.41, 5.74) is -0.524. The summed E-state index contributed by atoms with van der Waals surface area (Å²) < 4.78 is 5.27. The fourth-order valence-corrected chi connectivity index (χ4v) is 2.17. The first-order valence-corrected chi connectivity index (χ1v) is 6.54. The van der Waals surface area contributed by atoms with Crippen molar-refractivity contribution in [3.8, 4) is 0 Å². The van der Waals surface area contributed by atoms with Gasteiger partial charge in [-0.2, -0.15) is 0 Å². The van der Waals surface area contributed by atoms with E-state index in [0.29, 0.717) is 19.5 Å². The van der Waals surface area contributed by atoms with Crippen molar-refractivity contribution in [2.45, 2.75) is 39.2 Å². The first kappa shape index (κ1) is 15.8. The number of hydrogen-bond acceptors (Lipinski definition) is 4. The zero-order valence-corrected chi connectivity index (χ0v) is 11.8.